The molecule has 0 bridgehead atoms. The Labute approximate surface area is 110 Å². The molecule has 1 saturated heterocycles. The van der Waals surface area contributed by atoms with Crippen molar-refractivity contribution in [2.24, 2.45) is 0 Å². The molecule has 0 spiro atoms. The third kappa shape index (κ3) is 4.94. The molecule has 2 unspecified atom stereocenters. The van der Waals surface area contributed by atoms with Crippen molar-refractivity contribution >= 4 is 15.7 Å². The quantitative estimate of drug-likeness (QED) is 0.708. The molecule has 106 valence electrons. The first kappa shape index (κ1) is 15.4. The normalized spacial score (nSPS) is 23.8. The fraction of sp³-hybridized carbons (Fsp3) is 0.917. The van der Waals surface area contributed by atoms with Crippen LogP contribution in [0.5, 0.6) is 0 Å². The van der Waals surface area contributed by atoms with E-state index in [4.69, 9.17) is 0 Å². The van der Waals surface area contributed by atoms with Gasteiger partial charge < -0.3 is 10.6 Å². The first-order valence-electron chi connectivity index (χ1n) is 6.67. The summed E-state index contributed by atoms with van der Waals surface area (Å²) in [6.45, 7) is 4.63. The molecule has 0 aromatic carbocycles. The number of rotatable bonds is 7. The summed E-state index contributed by atoms with van der Waals surface area (Å²) in [5, 5.41) is 5.51. The Morgan fingerprint density at radius 1 is 1.44 bits per heavy atom. The summed E-state index contributed by atoms with van der Waals surface area (Å²) in [6.07, 6.45) is 3.45. The van der Waals surface area contributed by atoms with Crippen LogP contribution in [0.25, 0.3) is 0 Å². The number of sulfone groups is 1. The van der Waals surface area contributed by atoms with Gasteiger partial charge in [-0.05, 0) is 26.2 Å². The second kappa shape index (κ2) is 7.09. The van der Waals surface area contributed by atoms with Gasteiger partial charge in [0.25, 0.3) is 0 Å². The van der Waals surface area contributed by atoms with Crippen LogP contribution in [-0.2, 0) is 14.6 Å². The van der Waals surface area contributed by atoms with Gasteiger partial charge in [-0.25, -0.2) is 8.42 Å². The van der Waals surface area contributed by atoms with Crippen molar-refractivity contribution in [3.05, 3.63) is 0 Å². The van der Waals surface area contributed by atoms with Crippen molar-refractivity contribution in [3.63, 3.8) is 0 Å². The zero-order valence-electron chi connectivity index (χ0n) is 11.2. The van der Waals surface area contributed by atoms with Crippen molar-refractivity contribution in [3.8, 4) is 0 Å². The topological polar surface area (TPSA) is 75.3 Å². The van der Waals surface area contributed by atoms with Crippen molar-refractivity contribution in [2.75, 3.05) is 18.8 Å². The summed E-state index contributed by atoms with van der Waals surface area (Å²) in [5.41, 5.74) is 0. The summed E-state index contributed by atoms with van der Waals surface area (Å²) in [7, 11) is -2.91. The molecule has 5 nitrogen and oxygen atoms in total. The van der Waals surface area contributed by atoms with Gasteiger partial charge in [0.1, 0.15) is 0 Å². The Balaban J connectivity index is 2.20. The van der Waals surface area contributed by atoms with Gasteiger partial charge in [-0.3, -0.25) is 4.79 Å². The van der Waals surface area contributed by atoms with Crippen molar-refractivity contribution in [1.82, 2.24) is 10.6 Å². The first-order valence-corrected chi connectivity index (χ1v) is 8.39. The molecular formula is C12H24N2O3S. The summed E-state index contributed by atoms with van der Waals surface area (Å²) in [5.74, 6) is 0.227. The molecule has 2 atom stereocenters. The molecule has 0 radical (unpaired) electrons. The van der Waals surface area contributed by atoms with Crippen LogP contribution in [0.2, 0.25) is 0 Å². The van der Waals surface area contributed by atoms with E-state index < -0.39 is 9.84 Å². The van der Waals surface area contributed by atoms with Gasteiger partial charge in [-0.15, -0.1) is 0 Å². The minimum absolute atomic E-state index is 0.0636. The van der Waals surface area contributed by atoms with Crippen LogP contribution in [0.15, 0.2) is 0 Å². The highest BCUT2D eigenvalue weighted by Gasteiger charge is 2.30. The zero-order chi connectivity index (χ0) is 13.6. The van der Waals surface area contributed by atoms with E-state index in [-0.39, 0.29) is 23.7 Å². The molecule has 2 N–H and O–H groups in total. The molecule has 18 heavy (non-hydrogen) atoms. The van der Waals surface area contributed by atoms with Gasteiger partial charge in [0.2, 0.25) is 5.91 Å². The summed E-state index contributed by atoms with van der Waals surface area (Å²) in [6, 6.07) is 0.180. The summed E-state index contributed by atoms with van der Waals surface area (Å²) in [4.78, 5) is 11.5. The Kier molecular flexibility index (Phi) is 6.08. The lowest BCUT2D eigenvalue weighted by Gasteiger charge is -2.14. The molecule has 1 amide bonds. The zero-order valence-corrected chi connectivity index (χ0v) is 12.1. The average Bonchev–Trinajstić information content (AvgIpc) is 2.58. The van der Waals surface area contributed by atoms with E-state index in [0.29, 0.717) is 18.7 Å². The molecule has 0 saturated carbocycles. The molecule has 0 aromatic heterocycles. The molecular weight excluding hydrogens is 252 g/mol. The molecule has 6 heteroatoms. The van der Waals surface area contributed by atoms with Crippen molar-refractivity contribution in [2.45, 2.75) is 50.8 Å². The van der Waals surface area contributed by atoms with Crippen LogP contribution >= 0.6 is 0 Å². The second-order valence-electron chi connectivity index (χ2n) is 5.02. The maximum absolute atomic E-state index is 11.6. The maximum Gasteiger partial charge on any atom is 0.234 e. The third-order valence-electron chi connectivity index (χ3n) is 3.25. The molecule has 0 aromatic rings. The molecule has 1 rings (SSSR count). The molecule has 1 aliphatic heterocycles. The Hall–Kier alpha value is -0.620. The monoisotopic (exact) mass is 276 g/mol. The minimum Gasteiger partial charge on any atom is -0.353 e. The fourth-order valence-electron chi connectivity index (χ4n) is 2.27. The third-order valence-corrected chi connectivity index (χ3v) is 5.53. The van der Waals surface area contributed by atoms with E-state index in [0.717, 1.165) is 19.3 Å². The molecule has 1 fully saturated rings. The largest absolute Gasteiger partial charge is 0.353 e. The Morgan fingerprint density at radius 3 is 2.72 bits per heavy atom. The average molecular weight is 276 g/mol. The van der Waals surface area contributed by atoms with Crippen LogP contribution < -0.4 is 10.6 Å². The number of hydrogen-bond acceptors (Lipinski definition) is 4. The van der Waals surface area contributed by atoms with Gasteiger partial charge in [0.05, 0.1) is 17.5 Å². The van der Waals surface area contributed by atoms with Crippen LogP contribution in [0.3, 0.4) is 0 Å². The standard InChI is InChI=1S/C12H24N2O3S/c1-3-5-10(2)14-12(15)9-13-8-11-6-4-7-18(11,16)17/h10-11,13H,3-9H2,1-2H3,(H,14,15). The number of carbonyl (C=O) groups is 1. The highest BCUT2D eigenvalue weighted by Crippen LogP contribution is 2.18. The molecule has 1 heterocycles. The van der Waals surface area contributed by atoms with Gasteiger partial charge in [-0.1, -0.05) is 13.3 Å². The van der Waals surface area contributed by atoms with Crippen LogP contribution in [0.1, 0.15) is 39.5 Å². The number of hydrogen-bond donors (Lipinski definition) is 2. The Bertz CT molecular complexity index is 368. The van der Waals surface area contributed by atoms with Gasteiger partial charge >= 0.3 is 0 Å². The highest BCUT2D eigenvalue weighted by molar-refractivity contribution is 7.92. The lowest BCUT2D eigenvalue weighted by molar-refractivity contribution is -0.120. The summed E-state index contributed by atoms with van der Waals surface area (Å²) < 4.78 is 23.1. The fourth-order valence-corrected chi connectivity index (χ4v) is 4.07. The van der Waals surface area contributed by atoms with E-state index in [1.807, 2.05) is 6.92 Å². The second-order valence-corrected chi connectivity index (χ2v) is 7.42. The van der Waals surface area contributed by atoms with Crippen molar-refractivity contribution in [1.29, 1.82) is 0 Å². The van der Waals surface area contributed by atoms with Gasteiger partial charge in [0, 0.05) is 12.6 Å². The van der Waals surface area contributed by atoms with E-state index in [1.165, 1.54) is 0 Å². The van der Waals surface area contributed by atoms with E-state index in [9.17, 15) is 13.2 Å². The van der Waals surface area contributed by atoms with Gasteiger partial charge in [-0.2, -0.15) is 0 Å². The molecule has 1 aliphatic rings. The smallest absolute Gasteiger partial charge is 0.234 e. The lowest BCUT2D eigenvalue weighted by Crippen LogP contribution is -2.41. The summed E-state index contributed by atoms with van der Waals surface area (Å²) >= 11 is 0. The van der Waals surface area contributed by atoms with E-state index in [1.54, 1.807) is 0 Å². The SMILES string of the molecule is CCCC(C)NC(=O)CNCC1CCCS1(=O)=O. The minimum atomic E-state index is -2.91. The van der Waals surface area contributed by atoms with E-state index in [2.05, 4.69) is 17.6 Å². The molecule has 0 aliphatic carbocycles. The van der Waals surface area contributed by atoms with Gasteiger partial charge in [0.15, 0.2) is 9.84 Å². The number of nitrogens with one attached hydrogen (secondary N) is 2. The van der Waals surface area contributed by atoms with Crippen LogP contribution in [0, 0.1) is 0 Å². The van der Waals surface area contributed by atoms with Crippen molar-refractivity contribution < 1.29 is 13.2 Å². The van der Waals surface area contributed by atoms with E-state index >= 15 is 0 Å². The van der Waals surface area contributed by atoms with Crippen LogP contribution in [-0.4, -0.2) is 44.5 Å². The highest BCUT2D eigenvalue weighted by atomic mass is 32.2. The predicted molar refractivity (Wildman–Crippen MR) is 72.2 cm³/mol. The lowest BCUT2D eigenvalue weighted by atomic mass is 10.2. The Morgan fingerprint density at radius 2 is 2.17 bits per heavy atom. The first-order chi connectivity index (χ1) is 8.45. The van der Waals surface area contributed by atoms with Crippen LogP contribution in [0.4, 0.5) is 0 Å². The number of amides is 1. The maximum atomic E-state index is 11.6. The number of carbonyl (C=O) groups excluding carboxylic acids is 1. The predicted octanol–water partition coefficient (Wildman–Crippen LogP) is 0.458.